The zero-order chi connectivity index (χ0) is 8.85. The number of nitrogens with one attached hydrogen (secondary N) is 1. The number of hydrazine groups is 1. The average molecular weight is 159 g/mol. The van der Waals surface area contributed by atoms with Crippen molar-refractivity contribution in [1.82, 2.24) is 15.3 Å². The fraction of sp³-hybridized carbons (Fsp3) is 0.857. The molecule has 0 aromatic heterocycles. The monoisotopic (exact) mass is 159 g/mol. The van der Waals surface area contributed by atoms with Gasteiger partial charge < -0.3 is 5.32 Å². The fourth-order valence-corrected chi connectivity index (χ4v) is 0.617. The van der Waals surface area contributed by atoms with Crippen LogP contribution in [0.5, 0.6) is 0 Å². The smallest absolute Gasteiger partial charge is 0.237 e. The van der Waals surface area contributed by atoms with Crippen LogP contribution in [0.25, 0.3) is 0 Å². The molecule has 4 heteroatoms. The summed E-state index contributed by atoms with van der Waals surface area (Å²) in [6.07, 6.45) is 0.547. The maximum Gasteiger partial charge on any atom is 0.237 e. The first kappa shape index (κ1) is 10.4. The van der Waals surface area contributed by atoms with Gasteiger partial charge in [0.15, 0.2) is 0 Å². The molecule has 66 valence electrons. The number of carbonyl (C=O) groups is 1. The van der Waals surface area contributed by atoms with Crippen LogP contribution in [0.2, 0.25) is 0 Å². The molecule has 0 aromatic rings. The first-order valence-corrected chi connectivity index (χ1v) is 3.68. The van der Waals surface area contributed by atoms with E-state index in [1.807, 2.05) is 21.1 Å². The Kier molecular flexibility index (Phi) is 4.81. The predicted molar refractivity (Wildman–Crippen MR) is 45.0 cm³/mol. The van der Waals surface area contributed by atoms with Crippen molar-refractivity contribution in [2.75, 3.05) is 34.7 Å². The van der Waals surface area contributed by atoms with E-state index >= 15 is 0 Å². The van der Waals surface area contributed by atoms with E-state index in [1.165, 1.54) is 0 Å². The molecule has 0 fully saturated rings. The minimum atomic E-state index is 0.129. The lowest BCUT2D eigenvalue weighted by atomic mass is 10.4. The Bertz CT molecular complexity index is 125. The van der Waals surface area contributed by atoms with Crippen LogP contribution in [0.3, 0.4) is 0 Å². The van der Waals surface area contributed by atoms with Crippen LogP contribution >= 0.6 is 0 Å². The second kappa shape index (κ2) is 5.09. The molecule has 0 unspecified atom stereocenters. The van der Waals surface area contributed by atoms with Crippen LogP contribution in [0, 0.1) is 0 Å². The Morgan fingerprint density at radius 1 is 1.36 bits per heavy atom. The number of hydrogen-bond donors (Lipinski definition) is 1. The summed E-state index contributed by atoms with van der Waals surface area (Å²) < 4.78 is 0. The summed E-state index contributed by atoms with van der Waals surface area (Å²) in [4.78, 5) is 11.2. The zero-order valence-corrected chi connectivity index (χ0v) is 7.72. The van der Waals surface area contributed by atoms with Gasteiger partial charge in [-0.15, -0.1) is 0 Å². The molecule has 0 heterocycles. The molecule has 0 saturated carbocycles. The van der Waals surface area contributed by atoms with E-state index in [9.17, 15) is 4.79 Å². The fourth-order valence-electron chi connectivity index (χ4n) is 0.617. The molecule has 0 saturated heterocycles. The molecular weight excluding hydrogens is 142 g/mol. The summed E-state index contributed by atoms with van der Waals surface area (Å²) in [5.41, 5.74) is 0. The standard InChI is InChI=1S/C7H17N3O/c1-8-6-5-7(11)10(4)9(2)3/h8H,5-6H2,1-4H3. The van der Waals surface area contributed by atoms with Gasteiger partial charge in [0.05, 0.1) is 0 Å². The molecule has 0 aliphatic heterocycles. The molecule has 0 aliphatic rings. The zero-order valence-electron chi connectivity index (χ0n) is 7.72. The Labute approximate surface area is 68.1 Å². The molecule has 0 radical (unpaired) electrons. The largest absolute Gasteiger partial charge is 0.319 e. The van der Waals surface area contributed by atoms with Crippen molar-refractivity contribution in [3.05, 3.63) is 0 Å². The lowest BCUT2D eigenvalue weighted by Crippen LogP contribution is -2.39. The summed E-state index contributed by atoms with van der Waals surface area (Å²) in [5.74, 6) is 0.129. The van der Waals surface area contributed by atoms with Gasteiger partial charge in [-0.3, -0.25) is 9.80 Å². The van der Waals surface area contributed by atoms with E-state index in [2.05, 4.69) is 5.32 Å². The van der Waals surface area contributed by atoms with Gasteiger partial charge in [-0.2, -0.15) is 0 Å². The molecule has 1 amide bonds. The Balaban J connectivity index is 3.64. The number of nitrogens with zero attached hydrogens (tertiary/aromatic N) is 2. The third-order valence-corrected chi connectivity index (χ3v) is 1.55. The molecular formula is C7H17N3O. The second-order valence-electron chi connectivity index (χ2n) is 2.62. The van der Waals surface area contributed by atoms with E-state index in [4.69, 9.17) is 0 Å². The molecule has 0 aliphatic carbocycles. The Hall–Kier alpha value is -0.610. The first-order chi connectivity index (χ1) is 5.09. The number of rotatable bonds is 4. The SMILES string of the molecule is CNCCC(=O)N(C)N(C)C. The lowest BCUT2D eigenvalue weighted by molar-refractivity contribution is -0.141. The summed E-state index contributed by atoms with van der Waals surface area (Å²) in [5, 5.41) is 6.28. The van der Waals surface area contributed by atoms with Gasteiger partial charge in [0.1, 0.15) is 0 Å². The van der Waals surface area contributed by atoms with Crippen LogP contribution in [0.15, 0.2) is 0 Å². The van der Waals surface area contributed by atoms with Crippen LogP contribution in [-0.2, 0) is 4.79 Å². The molecule has 1 N–H and O–H groups in total. The predicted octanol–water partition coefficient (Wildman–Crippen LogP) is -0.469. The van der Waals surface area contributed by atoms with Crippen LogP contribution in [0.4, 0.5) is 0 Å². The molecule has 0 bridgehead atoms. The van der Waals surface area contributed by atoms with E-state index in [0.717, 1.165) is 6.54 Å². The van der Waals surface area contributed by atoms with Gasteiger partial charge in [0.25, 0.3) is 0 Å². The van der Waals surface area contributed by atoms with E-state index in [-0.39, 0.29) is 5.91 Å². The van der Waals surface area contributed by atoms with Crippen molar-refractivity contribution in [3.63, 3.8) is 0 Å². The highest BCUT2D eigenvalue weighted by atomic mass is 16.2. The first-order valence-electron chi connectivity index (χ1n) is 3.68. The summed E-state index contributed by atoms with van der Waals surface area (Å²) in [7, 11) is 7.29. The molecule has 4 nitrogen and oxygen atoms in total. The number of hydrogen-bond acceptors (Lipinski definition) is 3. The summed E-state index contributed by atoms with van der Waals surface area (Å²) >= 11 is 0. The van der Waals surface area contributed by atoms with Crippen LogP contribution in [-0.4, -0.2) is 50.7 Å². The Morgan fingerprint density at radius 3 is 2.27 bits per heavy atom. The molecule has 11 heavy (non-hydrogen) atoms. The Morgan fingerprint density at radius 2 is 1.91 bits per heavy atom. The van der Waals surface area contributed by atoms with Crippen LogP contribution < -0.4 is 5.32 Å². The normalized spacial score (nSPS) is 10.3. The molecule has 0 aromatic carbocycles. The number of amides is 1. The van der Waals surface area contributed by atoms with Crippen molar-refractivity contribution in [3.8, 4) is 0 Å². The highest BCUT2D eigenvalue weighted by Gasteiger charge is 2.08. The lowest BCUT2D eigenvalue weighted by Gasteiger charge is -2.24. The third kappa shape index (κ3) is 3.95. The van der Waals surface area contributed by atoms with Gasteiger partial charge in [0, 0.05) is 34.1 Å². The van der Waals surface area contributed by atoms with Gasteiger partial charge in [-0.1, -0.05) is 0 Å². The van der Waals surface area contributed by atoms with Gasteiger partial charge in [-0.25, -0.2) is 5.01 Å². The van der Waals surface area contributed by atoms with E-state index in [0.29, 0.717) is 6.42 Å². The van der Waals surface area contributed by atoms with Crippen molar-refractivity contribution < 1.29 is 4.79 Å². The highest BCUT2D eigenvalue weighted by Crippen LogP contribution is 1.90. The summed E-state index contributed by atoms with van der Waals surface area (Å²) in [6, 6.07) is 0. The third-order valence-electron chi connectivity index (χ3n) is 1.55. The van der Waals surface area contributed by atoms with Gasteiger partial charge in [0.2, 0.25) is 5.91 Å². The summed E-state index contributed by atoms with van der Waals surface area (Å²) in [6.45, 7) is 0.733. The quantitative estimate of drug-likeness (QED) is 0.563. The maximum atomic E-state index is 11.2. The maximum absolute atomic E-state index is 11.2. The second-order valence-corrected chi connectivity index (χ2v) is 2.62. The van der Waals surface area contributed by atoms with Gasteiger partial charge >= 0.3 is 0 Å². The molecule has 0 spiro atoms. The topological polar surface area (TPSA) is 35.6 Å². The van der Waals surface area contributed by atoms with Crippen molar-refractivity contribution in [1.29, 1.82) is 0 Å². The van der Waals surface area contributed by atoms with Crippen molar-refractivity contribution >= 4 is 5.91 Å². The highest BCUT2D eigenvalue weighted by molar-refractivity contribution is 5.75. The molecule has 0 rings (SSSR count). The van der Waals surface area contributed by atoms with Crippen molar-refractivity contribution in [2.24, 2.45) is 0 Å². The van der Waals surface area contributed by atoms with E-state index < -0.39 is 0 Å². The van der Waals surface area contributed by atoms with Crippen molar-refractivity contribution in [2.45, 2.75) is 6.42 Å². The molecule has 0 atom stereocenters. The minimum Gasteiger partial charge on any atom is -0.319 e. The van der Waals surface area contributed by atoms with E-state index in [1.54, 1.807) is 17.1 Å². The average Bonchev–Trinajstić information content (AvgIpc) is 1.98. The van der Waals surface area contributed by atoms with Crippen LogP contribution in [0.1, 0.15) is 6.42 Å². The minimum absolute atomic E-state index is 0.129. The van der Waals surface area contributed by atoms with Gasteiger partial charge in [-0.05, 0) is 7.05 Å². The number of carbonyl (C=O) groups excluding carboxylic acids is 1.